The molecule has 2 aromatic heterocycles. The van der Waals surface area contributed by atoms with Crippen LogP contribution in [-0.2, 0) is 16.4 Å². The van der Waals surface area contributed by atoms with Gasteiger partial charge in [-0.15, -0.1) is 18.3 Å². The Morgan fingerprint density at radius 2 is 2.06 bits per heavy atom. The Morgan fingerprint density at radius 1 is 1.38 bits per heavy atom. The molecule has 1 fully saturated rings. The Labute approximate surface area is 179 Å². The molecular weight excluding hydrogens is 463 g/mol. The number of halogens is 5. The first kappa shape index (κ1) is 23.9. The van der Waals surface area contributed by atoms with Crippen molar-refractivity contribution in [1.29, 1.82) is 0 Å². The van der Waals surface area contributed by atoms with Gasteiger partial charge in [0.05, 0.1) is 0 Å². The van der Waals surface area contributed by atoms with E-state index in [-0.39, 0.29) is 41.4 Å². The molecule has 32 heavy (non-hydrogen) atoms. The Balaban J connectivity index is 1.93. The number of pyridine rings is 1. The number of carbonyl (C=O) groups is 1. The van der Waals surface area contributed by atoms with Crippen LogP contribution in [0, 0.1) is 12.8 Å². The highest BCUT2D eigenvalue weighted by atomic mass is 32.2. The minimum atomic E-state index is -5.08. The van der Waals surface area contributed by atoms with Gasteiger partial charge < -0.3 is 10.1 Å². The first-order valence-corrected chi connectivity index (χ1v) is 11.2. The van der Waals surface area contributed by atoms with Crippen molar-refractivity contribution in [2.75, 3.05) is 11.6 Å². The number of carbonyl (C=O) groups excluding carboxylic acids is 1. The van der Waals surface area contributed by atoms with Crippen LogP contribution in [0.2, 0.25) is 0 Å². The van der Waals surface area contributed by atoms with Crippen molar-refractivity contribution < 1.29 is 39.9 Å². The van der Waals surface area contributed by atoms with E-state index in [9.17, 15) is 35.2 Å². The number of alkyl halides is 5. The molecule has 0 spiro atoms. The molecule has 176 valence electrons. The standard InChI is InChI=1S/C18H19F5N4O4S/c1-10-14(15(28)25-12-4-6-24-13(7-12)32(2,29)30)27(26-16(10)31-18(21,22)23)9-11-3-5-17(19,20)8-11/h4,6-7,11H,3,5,8-9H2,1-2H3,(H,24,25,28). The molecule has 0 aromatic carbocycles. The molecule has 2 heterocycles. The van der Waals surface area contributed by atoms with Crippen LogP contribution in [0.25, 0.3) is 0 Å². The van der Waals surface area contributed by atoms with Gasteiger partial charge in [-0.25, -0.2) is 22.2 Å². The maximum Gasteiger partial charge on any atom is 0.574 e. The average Bonchev–Trinajstić information content (AvgIpc) is 3.12. The molecule has 1 aliphatic carbocycles. The van der Waals surface area contributed by atoms with Crippen LogP contribution in [0.15, 0.2) is 23.4 Å². The number of nitrogens with one attached hydrogen (secondary N) is 1. The largest absolute Gasteiger partial charge is 0.574 e. The zero-order valence-corrected chi connectivity index (χ0v) is 17.7. The molecule has 0 aliphatic heterocycles. The van der Waals surface area contributed by atoms with Gasteiger partial charge >= 0.3 is 6.36 Å². The Kier molecular flexibility index (Phi) is 6.19. The van der Waals surface area contributed by atoms with Gasteiger partial charge in [-0.05, 0) is 31.4 Å². The maximum absolute atomic E-state index is 13.5. The second kappa shape index (κ2) is 8.30. The summed E-state index contributed by atoms with van der Waals surface area (Å²) in [6.07, 6.45) is -3.76. The average molecular weight is 482 g/mol. The summed E-state index contributed by atoms with van der Waals surface area (Å²) in [5.41, 5.74) is -0.553. The van der Waals surface area contributed by atoms with Crippen molar-refractivity contribution in [1.82, 2.24) is 14.8 Å². The molecule has 1 amide bonds. The summed E-state index contributed by atoms with van der Waals surface area (Å²) in [6, 6.07) is 2.36. The summed E-state index contributed by atoms with van der Waals surface area (Å²) in [5.74, 6) is -5.28. The van der Waals surface area contributed by atoms with Crippen LogP contribution in [0.1, 0.15) is 35.3 Å². The van der Waals surface area contributed by atoms with E-state index in [1.54, 1.807) is 0 Å². The molecular formula is C18H19F5N4O4S. The lowest BCUT2D eigenvalue weighted by Crippen LogP contribution is -2.22. The number of hydrogen-bond donors (Lipinski definition) is 1. The van der Waals surface area contributed by atoms with E-state index in [2.05, 4.69) is 20.1 Å². The monoisotopic (exact) mass is 482 g/mol. The third-order valence-electron chi connectivity index (χ3n) is 4.88. The second-order valence-electron chi connectivity index (χ2n) is 7.58. The minimum Gasteiger partial charge on any atom is -0.386 e. The number of aromatic nitrogens is 3. The molecule has 1 saturated carbocycles. The lowest BCUT2D eigenvalue weighted by Gasteiger charge is -2.14. The van der Waals surface area contributed by atoms with Crippen LogP contribution < -0.4 is 10.1 Å². The lowest BCUT2D eigenvalue weighted by molar-refractivity contribution is -0.276. The summed E-state index contributed by atoms with van der Waals surface area (Å²) in [7, 11) is -3.68. The van der Waals surface area contributed by atoms with Gasteiger partial charge in [-0.1, -0.05) is 0 Å². The van der Waals surface area contributed by atoms with E-state index in [0.29, 0.717) is 0 Å². The van der Waals surface area contributed by atoms with Crippen molar-refractivity contribution in [3.8, 4) is 5.88 Å². The molecule has 2 aromatic rings. The number of rotatable bonds is 6. The number of nitrogens with zero attached hydrogens (tertiary/aromatic N) is 3. The molecule has 0 bridgehead atoms. The maximum atomic E-state index is 13.5. The summed E-state index contributed by atoms with van der Waals surface area (Å²) in [6.45, 7) is 0.961. The molecule has 1 aliphatic rings. The molecule has 1 unspecified atom stereocenters. The highest BCUT2D eigenvalue weighted by Gasteiger charge is 2.41. The quantitative estimate of drug-likeness (QED) is 0.632. The normalized spacial score (nSPS) is 18.5. The van der Waals surface area contributed by atoms with Gasteiger partial charge in [0.25, 0.3) is 5.91 Å². The van der Waals surface area contributed by atoms with Gasteiger partial charge in [0, 0.05) is 43.1 Å². The molecule has 1 atom stereocenters. The van der Waals surface area contributed by atoms with Gasteiger partial charge in [0.15, 0.2) is 14.9 Å². The molecule has 1 N–H and O–H groups in total. The predicted octanol–water partition coefficient (Wildman–Crippen LogP) is 3.58. The molecule has 0 radical (unpaired) electrons. The van der Waals surface area contributed by atoms with E-state index in [1.807, 2.05) is 0 Å². The molecule has 3 rings (SSSR count). The van der Waals surface area contributed by atoms with Crippen molar-refractivity contribution >= 4 is 21.4 Å². The summed E-state index contributed by atoms with van der Waals surface area (Å²) >= 11 is 0. The Hall–Kier alpha value is -2.77. The lowest BCUT2D eigenvalue weighted by atomic mass is 10.1. The van der Waals surface area contributed by atoms with Crippen LogP contribution in [0.3, 0.4) is 0 Å². The van der Waals surface area contributed by atoms with Crippen molar-refractivity contribution in [3.05, 3.63) is 29.6 Å². The van der Waals surface area contributed by atoms with Crippen LogP contribution >= 0.6 is 0 Å². The topological polar surface area (TPSA) is 103 Å². The fourth-order valence-electron chi connectivity index (χ4n) is 3.48. The molecule has 14 heteroatoms. The smallest absolute Gasteiger partial charge is 0.386 e. The van der Waals surface area contributed by atoms with E-state index in [1.165, 1.54) is 13.0 Å². The summed E-state index contributed by atoms with van der Waals surface area (Å²) in [5, 5.41) is 5.74. The van der Waals surface area contributed by atoms with E-state index in [0.717, 1.165) is 23.2 Å². The second-order valence-corrected chi connectivity index (χ2v) is 9.55. The highest BCUT2D eigenvalue weighted by molar-refractivity contribution is 7.90. The summed E-state index contributed by atoms with van der Waals surface area (Å²) < 4.78 is 93.4. The van der Waals surface area contributed by atoms with E-state index < -0.39 is 46.2 Å². The van der Waals surface area contributed by atoms with Crippen molar-refractivity contribution in [3.63, 3.8) is 0 Å². The molecule has 8 nitrogen and oxygen atoms in total. The SMILES string of the molecule is Cc1c(OC(F)(F)F)nn(CC2CCC(F)(F)C2)c1C(=O)Nc1ccnc(S(C)(=O)=O)c1. The predicted molar refractivity (Wildman–Crippen MR) is 101 cm³/mol. The first-order chi connectivity index (χ1) is 14.6. The Bertz CT molecular complexity index is 1130. The van der Waals surface area contributed by atoms with Crippen molar-refractivity contribution in [2.45, 2.75) is 50.0 Å². The zero-order valence-electron chi connectivity index (χ0n) is 16.9. The van der Waals surface area contributed by atoms with Crippen LogP contribution in [0.5, 0.6) is 5.88 Å². The van der Waals surface area contributed by atoms with Crippen LogP contribution in [0.4, 0.5) is 27.6 Å². The number of hydrogen-bond acceptors (Lipinski definition) is 6. The van der Waals surface area contributed by atoms with Gasteiger partial charge in [0.1, 0.15) is 5.69 Å². The van der Waals surface area contributed by atoms with Crippen LogP contribution in [-0.4, -0.2) is 47.6 Å². The highest BCUT2D eigenvalue weighted by Crippen LogP contribution is 2.40. The number of anilines is 1. The number of amides is 1. The number of ether oxygens (including phenoxy) is 1. The fourth-order valence-corrected chi connectivity index (χ4v) is 4.07. The van der Waals surface area contributed by atoms with Gasteiger partial charge in [-0.3, -0.25) is 9.48 Å². The summed E-state index contributed by atoms with van der Waals surface area (Å²) in [4.78, 5) is 16.5. The third kappa shape index (κ3) is 5.72. The van der Waals surface area contributed by atoms with Crippen molar-refractivity contribution in [2.24, 2.45) is 5.92 Å². The first-order valence-electron chi connectivity index (χ1n) is 9.33. The van der Waals surface area contributed by atoms with Gasteiger partial charge in [-0.2, -0.15) is 0 Å². The van der Waals surface area contributed by atoms with E-state index >= 15 is 0 Å². The molecule has 0 saturated heterocycles. The Morgan fingerprint density at radius 3 is 2.62 bits per heavy atom. The third-order valence-corrected chi connectivity index (χ3v) is 5.87. The van der Waals surface area contributed by atoms with E-state index in [4.69, 9.17) is 0 Å². The fraction of sp³-hybridized carbons (Fsp3) is 0.500. The van der Waals surface area contributed by atoms with Gasteiger partial charge in [0.2, 0.25) is 11.8 Å². The zero-order chi connectivity index (χ0) is 23.9. The number of sulfone groups is 1. The minimum absolute atomic E-state index is 0.0169.